The molecule has 1 aliphatic carbocycles. The zero-order chi connectivity index (χ0) is 21.3. The van der Waals surface area contributed by atoms with Gasteiger partial charge in [-0.15, -0.1) is 0 Å². The molecule has 1 N–H and O–H groups in total. The van der Waals surface area contributed by atoms with E-state index < -0.39 is 11.7 Å². The second kappa shape index (κ2) is 11.0. The Labute approximate surface area is 174 Å². The van der Waals surface area contributed by atoms with Gasteiger partial charge in [0.05, 0.1) is 19.1 Å². The van der Waals surface area contributed by atoms with Gasteiger partial charge in [0.2, 0.25) is 0 Å². The first-order chi connectivity index (χ1) is 13.8. The number of hydrogen-bond acceptors (Lipinski definition) is 4. The number of rotatable bonds is 7. The molecule has 5 nitrogen and oxygen atoms in total. The molecular weight excluding hydrogens is 366 g/mol. The normalized spacial score (nSPS) is 17.5. The van der Waals surface area contributed by atoms with Gasteiger partial charge >= 0.3 is 12.1 Å². The highest BCUT2D eigenvalue weighted by Gasteiger charge is 2.28. The molecule has 0 bridgehead atoms. The van der Waals surface area contributed by atoms with Crippen LogP contribution < -0.4 is 5.32 Å². The van der Waals surface area contributed by atoms with Crippen LogP contribution in [0.5, 0.6) is 0 Å². The Balaban J connectivity index is 2.16. The van der Waals surface area contributed by atoms with E-state index in [9.17, 15) is 9.59 Å². The maximum absolute atomic E-state index is 12.4. The Morgan fingerprint density at radius 2 is 1.76 bits per heavy atom. The van der Waals surface area contributed by atoms with Crippen LogP contribution in [0, 0.1) is 11.8 Å². The van der Waals surface area contributed by atoms with E-state index >= 15 is 0 Å². The van der Waals surface area contributed by atoms with Crippen molar-refractivity contribution < 1.29 is 19.1 Å². The molecule has 0 aromatic heterocycles. The van der Waals surface area contributed by atoms with Gasteiger partial charge in [-0.25, -0.2) is 4.79 Å². The van der Waals surface area contributed by atoms with Crippen molar-refractivity contribution in [2.24, 2.45) is 11.8 Å². The zero-order valence-electron chi connectivity index (χ0n) is 18.1. The number of hydrogen-bond donors (Lipinski definition) is 1. The Kier molecular flexibility index (Phi) is 8.74. The molecule has 1 aromatic rings. The fraction of sp³-hybridized carbons (Fsp3) is 0.583. The third kappa shape index (κ3) is 8.30. The number of carbonyl (C=O) groups is 2. The second-order valence-corrected chi connectivity index (χ2v) is 8.77. The van der Waals surface area contributed by atoms with E-state index in [1.165, 1.54) is 13.5 Å². The lowest BCUT2D eigenvalue weighted by Crippen LogP contribution is -2.39. The average Bonchev–Trinajstić information content (AvgIpc) is 2.68. The van der Waals surface area contributed by atoms with E-state index in [2.05, 4.69) is 5.32 Å². The molecule has 2 rings (SSSR count). The summed E-state index contributed by atoms with van der Waals surface area (Å²) in [6.07, 6.45) is 9.60. The molecule has 1 aromatic carbocycles. The molecule has 0 unspecified atom stereocenters. The summed E-state index contributed by atoms with van der Waals surface area (Å²) >= 11 is 0. The Morgan fingerprint density at radius 3 is 2.34 bits per heavy atom. The fourth-order valence-electron chi connectivity index (χ4n) is 3.81. The summed E-state index contributed by atoms with van der Waals surface area (Å²) in [5, 5.41) is 2.94. The molecule has 160 valence electrons. The van der Waals surface area contributed by atoms with Crippen LogP contribution in [0.2, 0.25) is 0 Å². The van der Waals surface area contributed by atoms with E-state index in [1.807, 2.05) is 63.3 Å². The smallest absolute Gasteiger partial charge is 0.408 e. The van der Waals surface area contributed by atoms with E-state index in [-0.39, 0.29) is 17.9 Å². The van der Waals surface area contributed by atoms with Crippen LogP contribution in [0.15, 0.2) is 42.5 Å². The fourth-order valence-corrected chi connectivity index (χ4v) is 3.81. The van der Waals surface area contributed by atoms with E-state index in [0.29, 0.717) is 12.3 Å². The summed E-state index contributed by atoms with van der Waals surface area (Å²) in [5.74, 6) is -0.186. The van der Waals surface area contributed by atoms with Gasteiger partial charge in [-0.05, 0) is 51.5 Å². The number of ether oxygens (including phenoxy) is 2. The molecule has 1 fully saturated rings. The van der Waals surface area contributed by atoms with Crippen molar-refractivity contribution in [1.29, 1.82) is 0 Å². The van der Waals surface area contributed by atoms with Gasteiger partial charge in [0, 0.05) is 0 Å². The summed E-state index contributed by atoms with van der Waals surface area (Å²) in [4.78, 5) is 24.7. The molecule has 1 amide bonds. The monoisotopic (exact) mass is 401 g/mol. The minimum Gasteiger partial charge on any atom is -0.469 e. The van der Waals surface area contributed by atoms with Crippen LogP contribution in [-0.4, -0.2) is 30.8 Å². The van der Waals surface area contributed by atoms with Crippen LogP contribution in [0.4, 0.5) is 4.79 Å². The van der Waals surface area contributed by atoms with Gasteiger partial charge in [0.25, 0.3) is 0 Å². The second-order valence-electron chi connectivity index (χ2n) is 8.77. The van der Waals surface area contributed by atoms with Crippen molar-refractivity contribution in [2.45, 2.75) is 70.9 Å². The first-order valence-electron chi connectivity index (χ1n) is 10.6. The topological polar surface area (TPSA) is 64.6 Å². The number of benzene rings is 1. The number of nitrogens with one attached hydrogen (secondary N) is 1. The lowest BCUT2D eigenvalue weighted by Gasteiger charge is -2.27. The van der Waals surface area contributed by atoms with Crippen molar-refractivity contribution in [3.63, 3.8) is 0 Å². The van der Waals surface area contributed by atoms with Gasteiger partial charge in [-0.1, -0.05) is 61.7 Å². The predicted octanol–water partition coefficient (Wildman–Crippen LogP) is 5.05. The summed E-state index contributed by atoms with van der Waals surface area (Å²) in [7, 11) is 1.44. The van der Waals surface area contributed by atoms with Crippen molar-refractivity contribution >= 4 is 12.1 Å². The molecule has 0 saturated heterocycles. The molecule has 0 heterocycles. The Bertz CT molecular complexity index is 672. The van der Waals surface area contributed by atoms with Gasteiger partial charge < -0.3 is 14.8 Å². The number of alkyl carbamates (subject to hydrolysis) is 1. The van der Waals surface area contributed by atoms with Crippen LogP contribution >= 0.6 is 0 Å². The molecule has 1 saturated carbocycles. The first kappa shape index (κ1) is 23.0. The van der Waals surface area contributed by atoms with Gasteiger partial charge in [-0.2, -0.15) is 0 Å². The number of esters is 1. The molecule has 1 aliphatic rings. The SMILES string of the molecule is COC(=O)[C@@H](C=C[C@H](Cc1ccccc1)NC(=O)OC(C)(C)C)C1CCCCC1. The summed E-state index contributed by atoms with van der Waals surface area (Å²) in [5.41, 5.74) is 0.535. The average molecular weight is 402 g/mol. The molecule has 5 heteroatoms. The summed E-state index contributed by atoms with van der Waals surface area (Å²) < 4.78 is 10.5. The maximum Gasteiger partial charge on any atom is 0.408 e. The highest BCUT2D eigenvalue weighted by molar-refractivity contribution is 5.75. The lowest BCUT2D eigenvalue weighted by atomic mass is 9.79. The molecule has 0 aliphatic heterocycles. The highest BCUT2D eigenvalue weighted by Crippen LogP contribution is 2.31. The van der Waals surface area contributed by atoms with Crippen molar-refractivity contribution in [3.8, 4) is 0 Å². The van der Waals surface area contributed by atoms with Gasteiger partial charge in [0.15, 0.2) is 0 Å². The van der Waals surface area contributed by atoms with Gasteiger partial charge in [0.1, 0.15) is 5.60 Å². The molecule has 0 radical (unpaired) electrons. The predicted molar refractivity (Wildman–Crippen MR) is 115 cm³/mol. The number of carbonyl (C=O) groups excluding carboxylic acids is 2. The summed E-state index contributed by atoms with van der Waals surface area (Å²) in [6, 6.07) is 9.69. The number of methoxy groups -OCH3 is 1. The Hall–Kier alpha value is -2.30. The summed E-state index contributed by atoms with van der Waals surface area (Å²) in [6.45, 7) is 5.51. The first-order valence-corrected chi connectivity index (χ1v) is 10.6. The van der Waals surface area contributed by atoms with Crippen molar-refractivity contribution in [2.75, 3.05) is 7.11 Å². The quantitative estimate of drug-likeness (QED) is 0.513. The molecule has 0 spiro atoms. The third-order valence-electron chi connectivity index (χ3n) is 5.18. The number of amides is 1. The van der Waals surface area contributed by atoms with Crippen LogP contribution in [0.1, 0.15) is 58.4 Å². The van der Waals surface area contributed by atoms with Crippen LogP contribution in [0.3, 0.4) is 0 Å². The minimum atomic E-state index is -0.568. The standard InChI is InChI=1S/C24H35NO4/c1-24(2,3)29-23(27)25-20(17-18-11-7-5-8-12-18)15-16-21(22(26)28-4)19-13-9-6-10-14-19/h5,7-8,11-12,15-16,19-21H,6,9-10,13-14,17H2,1-4H3,(H,25,27)/t20-,21+/m1/s1. The maximum atomic E-state index is 12.4. The van der Waals surface area contributed by atoms with Crippen LogP contribution in [0.25, 0.3) is 0 Å². The highest BCUT2D eigenvalue weighted by atomic mass is 16.6. The molecular formula is C24H35NO4. The van der Waals surface area contributed by atoms with Crippen LogP contribution in [-0.2, 0) is 20.7 Å². The van der Waals surface area contributed by atoms with E-state index in [4.69, 9.17) is 9.47 Å². The Morgan fingerprint density at radius 1 is 1.10 bits per heavy atom. The van der Waals surface area contributed by atoms with E-state index in [1.54, 1.807) is 0 Å². The molecule has 29 heavy (non-hydrogen) atoms. The van der Waals surface area contributed by atoms with Crippen molar-refractivity contribution in [1.82, 2.24) is 5.32 Å². The van der Waals surface area contributed by atoms with Gasteiger partial charge in [-0.3, -0.25) is 4.79 Å². The third-order valence-corrected chi connectivity index (χ3v) is 5.18. The molecule has 2 atom stereocenters. The lowest BCUT2D eigenvalue weighted by molar-refractivity contribution is -0.145. The zero-order valence-corrected chi connectivity index (χ0v) is 18.1. The largest absolute Gasteiger partial charge is 0.469 e. The minimum absolute atomic E-state index is 0.205. The van der Waals surface area contributed by atoms with E-state index in [0.717, 1.165) is 31.2 Å². The van der Waals surface area contributed by atoms with Crippen molar-refractivity contribution in [3.05, 3.63) is 48.0 Å².